The predicted molar refractivity (Wildman–Crippen MR) is 94.9 cm³/mol. The van der Waals surface area contributed by atoms with Gasteiger partial charge in [0, 0.05) is 23.6 Å². The van der Waals surface area contributed by atoms with Crippen molar-refractivity contribution in [3.63, 3.8) is 0 Å². The molecule has 2 atom stereocenters. The van der Waals surface area contributed by atoms with Crippen molar-refractivity contribution in [2.75, 3.05) is 6.61 Å². The third-order valence-corrected chi connectivity index (χ3v) is 4.51. The fraction of sp³-hybridized carbons (Fsp3) is 0.200. The highest BCUT2D eigenvalue weighted by atomic mass is 16.6. The number of nitro groups is 1. The number of hydrogen-bond donors (Lipinski definition) is 0. The van der Waals surface area contributed by atoms with Crippen molar-refractivity contribution in [3.05, 3.63) is 81.4 Å². The van der Waals surface area contributed by atoms with Crippen LogP contribution in [0.25, 0.3) is 5.76 Å². The fourth-order valence-corrected chi connectivity index (χ4v) is 3.19. The van der Waals surface area contributed by atoms with Crippen molar-refractivity contribution in [2.45, 2.75) is 12.8 Å². The number of rotatable bonds is 4. The van der Waals surface area contributed by atoms with Crippen molar-refractivity contribution in [2.24, 2.45) is 5.92 Å². The lowest BCUT2D eigenvalue weighted by Gasteiger charge is -2.32. The predicted octanol–water partition coefficient (Wildman–Crippen LogP) is 3.85. The van der Waals surface area contributed by atoms with Crippen molar-refractivity contribution in [1.29, 1.82) is 5.26 Å². The summed E-state index contributed by atoms with van der Waals surface area (Å²) in [6.45, 7) is 1.63. The molecule has 0 bridgehead atoms. The van der Waals surface area contributed by atoms with E-state index in [0.29, 0.717) is 16.9 Å². The summed E-state index contributed by atoms with van der Waals surface area (Å²) in [5.74, 6) is -0.650. The van der Waals surface area contributed by atoms with Crippen LogP contribution >= 0.6 is 0 Å². The SMILES string of the molecule is CC(=O)[C@H]1COC(c2ccccc2)=C(C#N)[C@@H]1c1ccc([N+](=O)[O-])cc1. The van der Waals surface area contributed by atoms with E-state index in [4.69, 9.17) is 4.74 Å². The Morgan fingerprint density at radius 3 is 2.38 bits per heavy atom. The van der Waals surface area contributed by atoms with Gasteiger partial charge in [0.05, 0.1) is 29.1 Å². The topological polar surface area (TPSA) is 93.2 Å². The summed E-state index contributed by atoms with van der Waals surface area (Å²) in [7, 11) is 0. The second-order valence-corrected chi connectivity index (χ2v) is 6.08. The van der Waals surface area contributed by atoms with Crippen molar-refractivity contribution in [1.82, 2.24) is 0 Å². The zero-order chi connectivity index (χ0) is 18.7. The first-order valence-corrected chi connectivity index (χ1v) is 8.10. The van der Waals surface area contributed by atoms with Gasteiger partial charge >= 0.3 is 0 Å². The maximum absolute atomic E-state index is 12.1. The van der Waals surface area contributed by atoms with Crippen LogP contribution in [-0.2, 0) is 9.53 Å². The summed E-state index contributed by atoms with van der Waals surface area (Å²) in [5, 5.41) is 20.7. The molecule has 0 N–H and O–H groups in total. The summed E-state index contributed by atoms with van der Waals surface area (Å²) in [6.07, 6.45) is 0. The lowest BCUT2D eigenvalue weighted by Crippen LogP contribution is -2.30. The van der Waals surface area contributed by atoms with E-state index >= 15 is 0 Å². The Bertz CT molecular complexity index is 911. The first kappa shape index (κ1) is 17.4. The van der Waals surface area contributed by atoms with Crippen molar-refractivity contribution < 1.29 is 14.5 Å². The van der Waals surface area contributed by atoms with Gasteiger partial charge in [-0.3, -0.25) is 14.9 Å². The molecule has 26 heavy (non-hydrogen) atoms. The van der Waals surface area contributed by atoms with Gasteiger partial charge < -0.3 is 4.74 Å². The Hall–Kier alpha value is -3.46. The highest BCUT2D eigenvalue weighted by Gasteiger charge is 2.37. The molecule has 1 heterocycles. The maximum atomic E-state index is 12.1. The molecule has 6 nitrogen and oxygen atoms in total. The third kappa shape index (κ3) is 3.20. The number of nitrogens with zero attached hydrogens (tertiary/aromatic N) is 2. The summed E-state index contributed by atoms with van der Waals surface area (Å²) < 4.78 is 5.78. The molecule has 0 spiro atoms. The molecule has 2 aromatic rings. The van der Waals surface area contributed by atoms with Gasteiger partial charge in [-0.2, -0.15) is 5.26 Å². The summed E-state index contributed by atoms with van der Waals surface area (Å²) in [6, 6.07) is 17.4. The Kier molecular flexibility index (Phi) is 4.81. The van der Waals surface area contributed by atoms with Gasteiger partial charge in [-0.05, 0) is 12.5 Å². The lowest BCUT2D eigenvalue weighted by molar-refractivity contribution is -0.384. The first-order valence-electron chi connectivity index (χ1n) is 8.10. The molecule has 0 unspecified atom stereocenters. The van der Waals surface area contributed by atoms with E-state index in [0.717, 1.165) is 5.56 Å². The third-order valence-electron chi connectivity index (χ3n) is 4.51. The number of benzene rings is 2. The molecule has 1 aliphatic rings. The van der Waals surface area contributed by atoms with Crippen LogP contribution in [0.3, 0.4) is 0 Å². The molecular weight excluding hydrogens is 332 g/mol. The molecule has 3 rings (SSSR count). The number of nitro benzene ring substituents is 1. The minimum atomic E-state index is -0.515. The molecule has 0 amide bonds. The molecule has 2 aromatic carbocycles. The molecule has 6 heteroatoms. The molecular formula is C20H16N2O4. The van der Waals surface area contributed by atoms with E-state index in [1.807, 2.05) is 30.3 Å². The van der Waals surface area contributed by atoms with Crippen LogP contribution in [0, 0.1) is 27.4 Å². The summed E-state index contributed by atoms with van der Waals surface area (Å²) >= 11 is 0. The number of nitriles is 1. The number of carbonyl (C=O) groups is 1. The van der Waals surface area contributed by atoms with Gasteiger partial charge in [0.25, 0.3) is 5.69 Å². The highest BCUT2D eigenvalue weighted by Crippen LogP contribution is 2.41. The molecule has 0 saturated heterocycles. The average Bonchev–Trinajstić information content (AvgIpc) is 2.67. The normalized spacial score (nSPS) is 19.4. The Morgan fingerprint density at radius 2 is 1.85 bits per heavy atom. The molecule has 0 aliphatic carbocycles. The van der Waals surface area contributed by atoms with Gasteiger partial charge in [0.15, 0.2) is 0 Å². The van der Waals surface area contributed by atoms with Crippen LogP contribution < -0.4 is 0 Å². The van der Waals surface area contributed by atoms with Gasteiger partial charge in [-0.15, -0.1) is 0 Å². The van der Waals surface area contributed by atoms with E-state index in [2.05, 4.69) is 6.07 Å². The second-order valence-electron chi connectivity index (χ2n) is 6.08. The number of hydrogen-bond acceptors (Lipinski definition) is 5. The van der Waals surface area contributed by atoms with Gasteiger partial charge in [-0.1, -0.05) is 42.5 Å². The number of ketones is 1. The van der Waals surface area contributed by atoms with E-state index in [-0.39, 0.29) is 18.1 Å². The van der Waals surface area contributed by atoms with Crippen LogP contribution in [0.2, 0.25) is 0 Å². The van der Waals surface area contributed by atoms with E-state index in [1.165, 1.54) is 19.1 Å². The molecule has 0 fully saturated rings. The summed E-state index contributed by atoms with van der Waals surface area (Å²) in [5.41, 5.74) is 1.77. The van der Waals surface area contributed by atoms with Crippen LogP contribution in [0.5, 0.6) is 0 Å². The quantitative estimate of drug-likeness (QED) is 0.618. The zero-order valence-corrected chi connectivity index (χ0v) is 14.1. The molecule has 130 valence electrons. The number of allylic oxidation sites excluding steroid dienone is 1. The zero-order valence-electron chi connectivity index (χ0n) is 14.1. The lowest BCUT2D eigenvalue weighted by atomic mass is 9.76. The minimum Gasteiger partial charge on any atom is -0.491 e. The van der Waals surface area contributed by atoms with E-state index in [1.54, 1.807) is 12.1 Å². The largest absolute Gasteiger partial charge is 0.491 e. The number of ether oxygens (including phenoxy) is 1. The smallest absolute Gasteiger partial charge is 0.269 e. The molecule has 0 saturated carbocycles. The van der Waals surface area contributed by atoms with E-state index < -0.39 is 16.8 Å². The van der Waals surface area contributed by atoms with Crippen LogP contribution in [0.1, 0.15) is 24.0 Å². The Morgan fingerprint density at radius 1 is 1.19 bits per heavy atom. The minimum absolute atomic E-state index is 0.0362. The highest BCUT2D eigenvalue weighted by molar-refractivity contribution is 5.83. The van der Waals surface area contributed by atoms with E-state index in [9.17, 15) is 20.2 Å². The summed E-state index contributed by atoms with van der Waals surface area (Å²) in [4.78, 5) is 22.6. The molecule has 0 radical (unpaired) electrons. The fourth-order valence-electron chi connectivity index (χ4n) is 3.19. The Balaban J connectivity index is 2.14. The first-order chi connectivity index (χ1) is 12.5. The monoisotopic (exact) mass is 348 g/mol. The van der Waals surface area contributed by atoms with Gasteiger partial charge in [-0.25, -0.2) is 0 Å². The Labute approximate surface area is 150 Å². The second kappa shape index (κ2) is 7.19. The van der Waals surface area contributed by atoms with Gasteiger partial charge in [0.2, 0.25) is 0 Å². The van der Waals surface area contributed by atoms with Crippen LogP contribution in [0.15, 0.2) is 60.2 Å². The number of carbonyl (C=O) groups excluding carboxylic acids is 1. The maximum Gasteiger partial charge on any atom is 0.269 e. The number of Topliss-reactive ketones (excluding diaryl/α,β-unsaturated/α-hetero) is 1. The standard InChI is InChI=1S/C20H16N2O4/c1-13(23)18-12-26-20(15-5-3-2-4-6-15)17(11-21)19(18)14-7-9-16(10-8-14)22(24)25/h2-10,18-19H,12H2,1H3/t18-,19+/m1/s1. The van der Waals surface area contributed by atoms with Crippen LogP contribution in [-0.4, -0.2) is 17.3 Å². The van der Waals surface area contributed by atoms with Crippen molar-refractivity contribution in [3.8, 4) is 6.07 Å². The molecule has 0 aromatic heterocycles. The van der Waals surface area contributed by atoms with Gasteiger partial charge in [0.1, 0.15) is 11.5 Å². The number of non-ortho nitro benzene ring substituents is 1. The van der Waals surface area contributed by atoms with Crippen LogP contribution in [0.4, 0.5) is 5.69 Å². The molecule has 1 aliphatic heterocycles. The van der Waals surface area contributed by atoms with Crippen molar-refractivity contribution >= 4 is 17.2 Å². The average molecular weight is 348 g/mol.